The zero-order valence-corrected chi connectivity index (χ0v) is 11.8. The van der Waals surface area contributed by atoms with Gasteiger partial charge < -0.3 is 44.2 Å². The van der Waals surface area contributed by atoms with Crippen molar-refractivity contribution in [2.24, 2.45) is 34.4 Å². The molecule has 0 aliphatic carbocycles. The first kappa shape index (κ1) is 17.4. The molecule has 0 aliphatic heterocycles. The topological polar surface area (TPSA) is 213 Å². The van der Waals surface area contributed by atoms with E-state index in [4.69, 9.17) is 34.4 Å². The first-order valence-electron chi connectivity index (χ1n) is 6.36. The molecule has 12 heteroatoms. The molecule has 1 aromatic rings. The summed E-state index contributed by atoms with van der Waals surface area (Å²) in [6.45, 7) is 0.745. The van der Waals surface area contributed by atoms with Crippen molar-refractivity contribution < 1.29 is 0 Å². The highest BCUT2D eigenvalue weighted by Crippen LogP contribution is 2.14. The maximum atomic E-state index is 5.90. The van der Waals surface area contributed by atoms with Crippen molar-refractivity contribution in [1.82, 2.24) is 20.3 Å². The van der Waals surface area contributed by atoms with Crippen LogP contribution in [0, 0.1) is 0 Å². The first-order valence-corrected chi connectivity index (χ1v) is 6.36. The lowest BCUT2D eigenvalue weighted by Gasteiger charge is -2.24. The molecule has 1 rings (SSSR count). The number of rotatable bonds is 9. The Labute approximate surface area is 122 Å². The van der Waals surface area contributed by atoms with Crippen LogP contribution >= 0.6 is 0 Å². The van der Waals surface area contributed by atoms with Gasteiger partial charge in [-0.1, -0.05) is 0 Å². The van der Waals surface area contributed by atoms with E-state index in [1.54, 1.807) is 9.80 Å². The maximum Gasteiger partial charge on any atom is 0.232 e. The summed E-state index contributed by atoms with van der Waals surface area (Å²) in [6.07, 6.45) is -0.662. The highest BCUT2D eigenvalue weighted by molar-refractivity contribution is 5.39. The highest BCUT2D eigenvalue weighted by Gasteiger charge is 2.18. The fourth-order valence-electron chi connectivity index (χ4n) is 1.49. The number of hydrogen-bond acceptors (Lipinski definition) is 12. The molecule has 1 unspecified atom stereocenters. The summed E-state index contributed by atoms with van der Waals surface area (Å²) in [7, 11) is 0. The summed E-state index contributed by atoms with van der Waals surface area (Å²) in [5.74, 6) is 0.876. The number of anilines is 2. The van der Waals surface area contributed by atoms with Gasteiger partial charge in [-0.25, -0.2) is 0 Å². The van der Waals surface area contributed by atoms with E-state index in [1.807, 2.05) is 0 Å². The summed E-state index contributed by atoms with van der Waals surface area (Å²) >= 11 is 0. The smallest absolute Gasteiger partial charge is 0.232 e. The number of nitrogens with two attached hydrogens (primary N) is 6. The fraction of sp³-hybridized carbons (Fsp3) is 0.667. The van der Waals surface area contributed by atoms with E-state index in [1.165, 1.54) is 0 Å². The Balaban J connectivity index is 3.24. The van der Waals surface area contributed by atoms with Crippen LogP contribution in [0.5, 0.6) is 0 Å². The molecule has 0 aromatic carbocycles. The van der Waals surface area contributed by atoms with Gasteiger partial charge in [0, 0.05) is 6.67 Å². The lowest BCUT2D eigenvalue weighted by atomic mass is 10.4. The third-order valence-corrected chi connectivity index (χ3v) is 2.69. The van der Waals surface area contributed by atoms with Crippen molar-refractivity contribution in [2.75, 3.05) is 43.1 Å². The molecule has 0 saturated carbocycles. The van der Waals surface area contributed by atoms with Crippen molar-refractivity contribution in [3.05, 3.63) is 5.82 Å². The summed E-state index contributed by atoms with van der Waals surface area (Å²) in [5.41, 5.74) is 33.7. The number of aromatic nitrogens is 3. The van der Waals surface area contributed by atoms with Gasteiger partial charge in [0.25, 0.3) is 0 Å². The molecule has 13 N–H and O–H groups in total. The molecule has 21 heavy (non-hydrogen) atoms. The molecule has 1 aromatic heterocycles. The third kappa shape index (κ3) is 4.40. The van der Waals surface area contributed by atoms with Crippen LogP contribution in [-0.4, -0.2) is 48.3 Å². The van der Waals surface area contributed by atoms with E-state index >= 15 is 0 Å². The predicted molar refractivity (Wildman–Crippen MR) is 80.1 cm³/mol. The Morgan fingerprint density at radius 2 is 1.24 bits per heavy atom. The first-order chi connectivity index (χ1) is 10.1. The second-order valence-electron chi connectivity index (χ2n) is 3.99. The quantitative estimate of drug-likeness (QED) is 0.215. The van der Waals surface area contributed by atoms with Crippen molar-refractivity contribution in [3.63, 3.8) is 0 Å². The van der Waals surface area contributed by atoms with E-state index in [-0.39, 0.29) is 33.3 Å². The van der Waals surface area contributed by atoms with Gasteiger partial charge in [-0.3, -0.25) is 5.32 Å². The standard InChI is InChI=1S/C9H24N12/c10-1-16-6(15)7-17-8(20(2-11)3-12)19-9(18-7)21(4-13)5-14/h6,16H,1-5,10-15H2. The van der Waals surface area contributed by atoms with Gasteiger partial charge in [-0.05, 0) is 0 Å². The molecule has 1 atom stereocenters. The number of hydrogen-bond donors (Lipinski definition) is 7. The van der Waals surface area contributed by atoms with E-state index in [2.05, 4.69) is 20.3 Å². The SMILES string of the molecule is NCNC(N)c1nc(N(CN)CN)nc(N(CN)CN)n1. The van der Waals surface area contributed by atoms with Crippen LogP contribution in [0.1, 0.15) is 12.0 Å². The van der Waals surface area contributed by atoms with Crippen LogP contribution in [0.2, 0.25) is 0 Å². The Kier molecular flexibility index (Phi) is 7.10. The van der Waals surface area contributed by atoms with Crippen LogP contribution in [0.3, 0.4) is 0 Å². The largest absolute Gasteiger partial charge is 0.318 e. The Morgan fingerprint density at radius 3 is 1.57 bits per heavy atom. The van der Waals surface area contributed by atoms with E-state index in [0.717, 1.165) is 0 Å². The summed E-state index contributed by atoms with van der Waals surface area (Å²) in [4.78, 5) is 15.8. The van der Waals surface area contributed by atoms with Gasteiger partial charge in [0.05, 0.1) is 26.7 Å². The molecule has 12 nitrogen and oxygen atoms in total. The van der Waals surface area contributed by atoms with Crippen LogP contribution in [0.4, 0.5) is 11.9 Å². The average molecular weight is 300 g/mol. The molecule has 0 amide bonds. The van der Waals surface area contributed by atoms with Gasteiger partial charge in [-0.2, -0.15) is 15.0 Å². The van der Waals surface area contributed by atoms with E-state index in [9.17, 15) is 0 Å². The van der Waals surface area contributed by atoms with Crippen molar-refractivity contribution in [1.29, 1.82) is 0 Å². The Bertz CT molecular complexity index is 387. The minimum absolute atomic E-state index is 0.143. The molecule has 1 heterocycles. The molecule has 0 fully saturated rings. The van der Waals surface area contributed by atoms with Crippen molar-refractivity contribution in [2.45, 2.75) is 6.17 Å². The van der Waals surface area contributed by atoms with Crippen molar-refractivity contribution in [3.8, 4) is 0 Å². The van der Waals surface area contributed by atoms with E-state index in [0.29, 0.717) is 17.7 Å². The summed E-state index contributed by atoms with van der Waals surface area (Å²) in [6, 6.07) is 0. The fourth-order valence-corrected chi connectivity index (χ4v) is 1.49. The number of nitrogens with one attached hydrogen (secondary N) is 1. The van der Waals surface area contributed by atoms with Gasteiger partial charge in [0.1, 0.15) is 6.17 Å². The van der Waals surface area contributed by atoms with Crippen LogP contribution < -0.4 is 49.5 Å². The molecule has 0 radical (unpaired) electrons. The molecule has 0 aliphatic rings. The van der Waals surface area contributed by atoms with Gasteiger partial charge in [0.2, 0.25) is 11.9 Å². The van der Waals surface area contributed by atoms with Crippen LogP contribution in [-0.2, 0) is 0 Å². The highest BCUT2D eigenvalue weighted by atomic mass is 15.4. The van der Waals surface area contributed by atoms with Crippen molar-refractivity contribution >= 4 is 11.9 Å². The second-order valence-corrected chi connectivity index (χ2v) is 3.99. The average Bonchev–Trinajstić information content (AvgIpc) is 2.50. The van der Waals surface area contributed by atoms with Crippen LogP contribution in [0.15, 0.2) is 0 Å². The second kappa shape index (κ2) is 8.58. The molecular weight excluding hydrogens is 276 g/mol. The third-order valence-electron chi connectivity index (χ3n) is 2.69. The maximum absolute atomic E-state index is 5.90. The minimum Gasteiger partial charge on any atom is -0.318 e. The van der Waals surface area contributed by atoms with Gasteiger partial charge >= 0.3 is 0 Å². The molecular formula is C9H24N12. The Morgan fingerprint density at radius 1 is 0.810 bits per heavy atom. The zero-order valence-electron chi connectivity index (χ0n) is 11.8. The molecule has 0 bridgehead atoms. The molecule has 0 spiro atoms. The monoisotopic (exact) mass is 300 g/mol. The minimum atomic E-state index is -0.662. The summed E-state index contributed by atoms with van der Waals surface area (Å²) < 4.78 is 0. The lowest BCUT2D eigenvalue weighted by Crippen LogP contribution is -2.41. The number of nitrogens with zero attached hydrogens (tertiary/aromatic N) is 5. The predicted octanol–water partition coefficient (Wildman–Crippen LogP) is -4.39. The summed E-state index contributed by atoms with van der Waals surface area (Å²) in [5, 5.41) is 2.81. The Hall–Kier alpha value is -1.67. The van der Waals surface area contributed by atoms with Crippen LogP contribution in [0.25, 0.3) is 0 Å². The lowest BCUT2D eigenvalue weighted by molar-refractivity contribution is 0.530. The van der Waals surface area contributed by atoms with Gasteiger partial charge in [0.15, 0.2) is 5.82 Å². The van der Waals surface area contributed by atoms with Gasteiger partial charge in [-0.15, -0.1) is 0 Å². The van der Waals surface area contributed by atoms with E-state index < -0.39 is 6.17 Å². The molecule has 120 valence electrons. The normalized spacial score (nSPS) is 12.3. The zero-order chi connectivity index (χ0) is 15.8. The molecule has 0 saturated heterocycles.